The number of hydrogen-bond donors (Lipinski definition) is 2. The standard InChI is InChI=1S/C23H25N5O4S/c1-15(29)25-21-12-17(9-10-24-21)23-18(11-16-7-5-4-6-8-16)22-19(26-23)13-28(14-20(22)30)33(31,32)27(2)3/h4-10,12,26H,11,13-14H2,1-3H3,(H,24,25,29). The maximum Gasteiger partial charge on any atom is 0.282 e. The normalized spacial score (nSPS) is 14.4. The van der Waals surface area contributed by atoms with E-state index < -0.39 is 10.2 Å². The molecule has 1 aliphatic heterocycles. The van der Waals surface area contributed by atoms with Crippen LogP contribution < -0.4 is 5.32 Å². The van der Waals surface area contributed by atoms with E-state index in [-0.39, 0.29) is 24.8 Å². The summed E-state index contributed by atoms with van der Waals surface area (Å²) in [6.45, 7) is 1.24. The first kappa shape index (κ1) is 22.8. The second kappa shape index (κ2) is 8.89. The van der Waals surface area contributed by atoms with Gasteiger partial charge in [-0.15, -0.1) is 0 Å². The minimum absolute atomic E-state index is 0.0625. The number of Topliss-reactive ketones (excluding diaryl/α,β-unsaturated/α-hetero) is 1. The molecule has 172 valence electrons. The highest BCUT2D eigenvalue weighted by atomic mass is 32.2. The van der Waals surface area contributed by atoms with Crippen molar-refractivity contribution in [2.45, 2.75) is 19.9 Å². The first-order valence-electron chi connectivity index (χ1n) is 10.4. The van der Waals surface area contributed by atoms with Gasteiger partial charge in [0.2, 0.25) is 5.91 Å². The molecule has 1 amide bonds. The van der Waals surface area contributed by atoms with Gasteiger partial charge in [-0.1, -0.05) is 30.3 Å². The van der Waals surface area contributed by atoms with Gasteiger partial charge in [0.1, 0.15) is 5.82 Å². The van der Waals surface area contributed by atoms with Crippen molar-refractivity contribution in [1.29, 1.82) is 0 Å². The monoisotopic (exact) mass is 467 g/mol. The van der Waals surface area contributed by atoms with Crippen molar-refractivity contribution in [3.8, 4) is 11.3 Å². The summed E-state index contributed by atoms with van der Waals surface area (Å²) in [5.41, 5.74) is 4.34. The minimum Gasteiger partial charge on any atom is -0.356 e. The van der Waals surface area contributed by atoms with Gasteiger partial charge in [-0.25, -0.2) is 4.98 Å². The van der Waals surface area contributed by atoms with Gasteiger partial charge in [-0.2, -0.15) is 17.0 Å². The molecule has 0 saturated heterocycles. The van der Waals surface area contributed by atoms with E-state index >= 15 is 0 Å². The second-order valence-corrected chi connectivity index (χ2v) is 10.2. The van der Waals surface area contributed by atoms with Crippen molar-refractivity contribution >= 4 is 27.7 Å². The largest absolute Gasteiger partial charge is 0.356 e. The summed E-state index contributed by atoms with van der Waals surface area (Å²) < 4.78 is 27.6. The smallest absolute Gasteiger partial charge is 0.282 e. The van der Waals surface area contributed by atoms with Crippen LogP contribution in [0.25, 0.3) is 11.3 Å². The average Bonchev–Trinajstić information content (AvgIpc) is 3.13. The number of nitrogens with zero attached hydrogens (tertiary/aromatic N) is 3. The fourth-order valence-corrected chi connectivity index (χ4v) is 5.01. The third-order valence-corrected chi connectivity index (χ3v) is 7.31. The Morgan fingerprint density at radius 2 is 1.91 bits per heavy atom. The van der Waals surface area contributed by atoms with Gasteiger partial charge in [-0.05, 0) is 23.3 Å². The summed E-state index contributed by atoms with van der Waals surface area (Å²) in [5.74, 6) is -0.109. The Labute approximate surface area is 192 Å². The summed E-state index contributed by atoms with van der Waals surface area (Å²) in [5, 5.41) is 2.67. The summed E-state index contributed by atoms with van der Waals surface area (Å²) >= 11 is 0. The molecular weight excluding hydrogens is 442 g/mol. The molecule has 1 aromatic carbocycles. The number of H-pyrrole nitrogens is 1. The fourth-order valence-electron chi connectivity index (χ4n) is 3.97. The molecular formula is C23H25N5O4S. The average molecular weight is 468 g/mol. The number of pyridine rings is 1. The molecule has 0 saturated carbocycles. The van der Waals surface area contributed by atoms with Crippen molar-refractivity contribution in [2.75, 3.05) is 26.0 Å². The molecule has 2 aromatic heterocycles. The number of carbonyl (C=O) groups excluding carboxylic acids is 2. The molecule has 9 nitrogen and oxygen atoms in total. The Hall–Kier alpha value is -3.34. The topological polar surface area (TPSA) is 115 Å². The predicted octanol–water partition coefficient (Wildman–Crippen LogP) is 2.43. The van der Waals surface area contributed by atoms with Gasteiger partial charge in [0.15, 0.2) is 5.78 Å². The van der Waals surface area contributed by atoms with Crippen molar-refractivity contribution in [1.82, 2.24) is 18.6 Å². The number of hydrogen-bond acceptors (Lipinski definition) is 5. The van der Waals surface area contributed by atoms with Gasteiger partial charge in [-0.3, -0.25) is 9.59 Å². The van der Waals surface area contributed by atoms with Gasteiger partial charge in [0.05, 0.1) is 18.8 Å². The van der Waals surface area contributed by atoms with Crippen molar-refractivity contribution < 1.29 is 18.0 Å². The van der Waals surface area contributed by atoms with Crippen LogP contribution in [0.4, 0.5) is 5.82 Å². The quantitative estimate of drug-likeness (QED) is 0.578. The highest BCUT2D eigenvalue weighted by Crippen LogP contribution is 2.35. The molecule has 1 aliphatic rings. The minimum atomic E-state index is -3.75. The molecule has 0 fully saturated rings. The van der Waals surface area contributed by atoms with Crippen LogP contribution >= 0.6 is 0 Å². The van der Waals surface area contributed by atoms with E-state index in [1.807, 2.05) is 30.3 Å². The molecule has 0 aliphatic carbocycles. The van der Waals surface area contributed by atoms with E-state index in [0.29, 0.717) is 29.2 Å². The molecule has 3 heterocycles. The number of benzene rings is 1. The number of amides is 1. The van der Waals surface area contributed by atoms with Crippen LogP contribution in [0, 0.1) is 0 Å². The van der Waals surface area contributed by atoms with Gasteiger partial charge in [0, 0.05) is 50.5 Å². The lowest BCUT2D eigenvalue weighted by Gasteiger charge is -2.28. The third kappa shape index (κ3) is 4.58. The Morgan fingerprint density at radius 3 is 2.58 bits per heavy atom. The van der Waals surface area contributed by atoms with Crippen LogP contribution in [0.15, 0.2) is 48.7 Å². The predicted molar refractivity (Wildman–Crippen MR) is 125 cm³/mol. The van der Waals surface area contributed by atoms with Crippen LogP contribution in [0.1, 0.15) is 34.1 Å². The molecule has 3 aromatic rings. The molecule has 0 spiro atoms. The molecule has 4 rings (SSSR count). The third-order valence-electron chi connectivity index (χ3n) is 5.48. The molecule has 10 heteroatoms. The van der Waals surface area contributed by atoms with Crippen molar-refractivity contribution in [3.63, 3.8) is 0 Å². The zero-order valence-corrected chi connectivity index (χ0v) is 19.4. The Kier molecular flexibility index (Phi) is 6.15. The zero-order chi connectivity index (χ0) is 23.8. The summed E-state index contributed by atoms with van der Waals surface area (Å²) in [6.07, 6.45) is 2.07. The van der Waals surface area contributed by atoms with Crippen LogP contribution in [0.2, 0.25) is 0 Å². The number of anilines is 1. The molecule has 0 unspecified atom stereocenters. The Bertz CT molecular complexity index is 1320. The van der Waals surface area contributed by atoms with Gasteiger partial charge >= 0.3 is 0 Å². The van der Waals surface area contributed by atoms with Crippen LogP contribution in [-0.4, -0.2) is 59.3 Å². The highest BCUT2D eigenvalue weighted by Gasteiger charge is 2.36. The number of ketones is 1. The highest BCUT2D eigenvalue weighted by molar-refractivity contribution is 7.86. The lowest BCUT2D eigenvalue weighted by molar-refractivity contribution is -0.114. The molecule has 0 atom stereocenters. The van der Waals surface area contributed by atoms with E-state index in [1.54, 1.807) is 18.3 Å². The summed E-state index contributed by atoms with van der Waals surface area (Å²) in [6, 6.07) is 13.3. The fraction of sp³-hybridized carbons (Fsp3) is 0.261. The Balaban J connectivity index is 1.84. The maximum absolute atomic E-state index is 13.2. The van der Waals surface area contributed by atoms with Gasteiger partial charge in [0.25, 0.3) is 10.2 Å². The molecule has 33 heavy (non-hydrogen) atoms. The summed E-state index contributed by atoms with van der Waals surface area (Å²) in [7, 11) is -0.872. The van der Waals surface area contributed by atoms with Crippen LogP contribution in [-0.2, 0) is 28.0 Å². The molecule has 0 radical (unpaired) electrons. The zero-order valence-electron chi connectivity index (χ0n) is 18.6. The number of fused-ring (bicyclic) bond motifs is 1. The SMILES string of the molecule is CC(=O)Nc1cc(-c2[nH]c3c(c2Cc2ccccc2)C(=O)CN(S(=O)(=O)N(C)C)C3)ccn1. The lowest BCUT2D eigenvalue weighted by atomic mass is 9.94. The first-order valence-corrected chi connectivity index (χ1v) is 11.8. The first-order chi connectivity index (χ1) is 15.7. The number of nitrogens with one attached hydrogen (secondary N) is 2. The van der Waals surface area contributed by atoms with E-state index in [1.165, 1.54) is 25.3 Å². The summed E-state index contributed by atoms with van der Waals surface area (Å²) in [4.78, 5) is 32.2. The van der Waals surface area contributed by atoms with E-state index in [2.05, 4.69) is 15.3 Å². The maximum atomic E-state index is 13.2. The Morgan fingerprint density at radius 1 is 1.18 bits per heavy atom. The van der Waals surface area contributed by atoms with Crippen LogP contribution in [0.5, 0.6) is 0 Å². The van der Waals surface area contributed by atoms with E-state index in [0.717, 1.165) is 21.0 Å². The van der Waals surface area contributed by atoms with Crippen molar-refractivity contribution in [3.05, 3.63) is 71.0 Å². The number of aromatic nitrogens is 2. The second-order valence-electron chi connectivity index (χ2n) is 8.09. The van der Waals surface area contributed by atoms with E-state index in [9.17, 15) is 18.0 Å². The lowest BCUT2D eigenvalue weighted by Crippen LogP contribution is -2.45. The number of carbonyl (C=O) groups is 2. The molecule has 2 N–H and O–H groups in total. The van der Waals surface area contributed by atoms with Gasteiger partial charge < -0.3 is 10.3 Å². The van der Waals surface area contributed by atoms with Crippen molar-refractivity contribution in [2.24, 2.45) is 0 Å². The number of rotatable bonds is 6. The van der Waals surface area contributed by atoms with Crippen LogP contribution in [0.3, 0.4) is 0 Å². The number of aromatic amines is 1. The molecule has 0 bridgehead atoms. The van der Waals surface area contributed by atoms with E-state index in [4.69, 9.17) is 0 Å².